The molecule has 178 valence electrons. The van der Waals surface area contributed by atoms with E-state index in [2.05, 4.69) is 11.1 Å². The van der Waals surface area contributed by atoms with Gasteiger partial charge in [0.25, 0.3) is 0 Å². The normalized spacial score (nSPS) is 11.9. The van der Waals surface area contributed by atoms with Crippen molar-refractivity contribution in [1.29, 1.82) is 5.26 Å². The van der Waals surface area contributed by atoms with Gasteiger partial charge in [-0.2, -0.15) is 5.26 Å². The molecule has 3 rings (SSSR count). The van der Waals surface area contributed by atoms with Crippen molar-refractivity contribution >= 4 is 22.8 Å². The highest BCUT2D eigenvalue weighted by atomic mass is 16.5. The number of rotatable bonds is 13. The standard InChI is InChI=1S/C27H31N3O4/c1-3-19(15-25(32)33)14-24(31)26-22-13-21(16-28)17-29-27(22)30(2)23(26)11-7-8-12-34-18-20-9-5-4-6-10-20/h4-6,9-10,13,17,19H,3,7-8,11-12,14-15,18H2,1-2H3,(H,32,33)/t19-/m1/s1. The third kappa shape index (κ3) is 6.30. The number of carboxylic acid groups (broad SMARTS) is 1. The number of hydrogen-bond acceptors (Lipinski definition) is 5. The number of aryl methyl sites for hydroxylation is 1. The molecule has 0 unspecified atom stereocenters. The highest BCUT2D eigenvalue weighted by Gasteiger charge is 2.25. The molecule has 2 aromatic heterocycles. The fraction of sp³-hybridized carbons (Fsp3) is 0.407. The Balaban J connectivity index is 1.75. The zero-order valence-corrected chi connectivity index (χ0v) is 19.8. The maximum atomic E-state index is 13.4. The molecule has 0 aliphatic carbocycles. The van der Waals surface area contributed by atoms with Crippen LogP contribution in [0.1, 0.15) is 66.2 Å². The molecule has 0 bridgehead atoms. The van der Waals surface area contributed by atoms with Crippen LogP contribution >= 0.6 is 0 Å². The second-order valence-corrected chi connectivity index (χ2v) is 8.58. The molecule has 0 aliphatic heterocycles. The lowest BCUT2D eigenvalue weighted by molar-refractivity contribution is -0.138. The smallest absolute Gasteiger partial charge is 0.303 e. The Bertz CT molecular complexity index is 1180. The number of carbonyl (C=O) groups excluding carboxylic acids is 1. The second kappa shape index (κ2) is 12.1. The zero-order chi connectivity index (χ0) is 24.5. The van der Waals surface area contributed by atoms with Gasteiger partial charge >= 0.3 is 5.97 Å². The van der Waals surface area contributed by atoms with E-state index in [1.54, 1.807) is 6.07 Å². The summed E-state index contributed by atoms with van der Waals surface area (Å²) < 4.78 is 7.70. The summed E-state index contributed by atoms with van der Waals surface area (Å²) in [6, 6.07) is 13.8. The molecule has 7 heteroatoms. The number of Topliss-reactive ketones (excluding diaryl/α,β-unsaturated/α-hetero) is 1. The number of fused-ring (bicyclic) bond motifs is 1. The van der Waals surface area contributed by atoms with E-state index in [-0.39, 0.29) is 24.5 Å². The molecule has 34 heavy (non-hydrogen) atoms. The van der Waals surface area contributed by atoms with Gasteiger partial charge in [-0.3, -0.25) is 9.59 Å². The van der Waals surface area contributed by atoms with Gasteiger partial charge in [-0.1, -0.05) is 43.7 Å². The average molecular weight is 462 g/mol. The lowest BCUT2D eigenvalue weighted by atomic mass is 9.91. The fourth-order valence-electron chi connectivity index (χ4n) is 4.26. The SMILES string of the molecule is CC[C@@H](CC(=O)O)CC(=O)c1c(CCCCOCc2ccccc2)n(C)c2ncc(C#N)cc12. The van der Waals surface area contributed by atoms with Crippen molar-refractivity contribution in [2.45, 2.75) is 52.1 Å². The minimum atomic E-state index is -0.901. The van der Waals surface area contributed by atoms with Crippen molar-refractivity contribution < 1.29 is 19.4 Å². The van der Waals surface area contributed by atoms with Crippen LogP contribution in [0.15, 0.2) is 42.6 Å². The molecule has 1 atom stereocenters. The summed E-state index contributed by atoms with van der Waals surface area (Å²) in [5.41, 5.74) is 3.62. The molecule has 0 fully saturated rings. The van der Waals surface area contributed by atoms with E-state index in [1.807, 2.05) is 48.9 Å². The first-order chi connectivity index (χ1) is 16.4. The number of aliphatic carboxylic acids is 1. The average Bonchev–Trinajstić information content (AvgIpc) is 3.11. The monoisotopic (exact) mass is 461 g/mol. The molecule has 1 N–H and O–H groups in total. The first-order valence-corrected chi connectivity index (χ1v) is 11.7. The lowest BCUT2D eigenvalue weighted by Gasteiger charge is -2.13. The van der Waals surface area contributed by atoms with Crippen LogP contribution in [0, 0.1) is 17.2 Å². The van der Waals surface area contributed by atoms with Crippen molar-refractivity contribution in [1.82, 2.24) is 9.55 Å². The van der Waals surface area contributed by atoms with Gasteiger partial charge in [-0.15, -0.1) is 0 Å². The van der Waals surface area contributed by atoms with Crippen molar-refractivity contribution in [3.63, 3.8) is 0 Å². The Labute approximate surface area is 200 Å². The molecule has 0 spiro atoms. The summed E-state index contributed by atoms with van der Waals surface area (Å²) in [6.07, 6.45) is 4.58. The van der Waals surface area contributed by atoms with Crippen LogP contribution in [0.3, 0.4) is 0 Å². The lowest BCUT2D eigenvalue weighted by Crippen LogP contribution is -2.14. The van der Waals surface area contributed by atoms with Crippen molar-refractivity contribution in [3.05, 3.63) is 65.0 Å². The number of aromatic nitrogens is 2. The number of nitrogens with zero attached hydrogens (tertiary/aromatic N) is 3. The van der Waals surface area contributed by atoms with Crippen LogP contribution in [0.2, 0.25) is 0 Å². The first kappa shape index (κ1) is 25.1. The molecule has 3 aromatic rings. The molecule has 1 aromatic carbocycles. The minimum absolute atomic E-state index is 0.0389. The van der Waals surface area contributed by atoms with Gasteiger partial charge in [-0.25, -0.2) is 4.98 Å². The Kier molecular flexibility index (Phi) is 8.94. The van der Waals surface area contributed by atoms with Gasteiger partial charge in [0.05, 0.1) is 12.2 Å². The molecule has 2 heterocycles. The number of carboxylic acids is 1. The summed E-state index contributed by atoms with van der Waals surface area (Å²) in [7, 11) is 1.88. The number of ketones is 1. The number of hydrogen-bond donors (Lipinski definition) is 1. The van der Waals surface area contributed by atoms with Crippen molar-refractivity contribution in [3.8, 4) is 6.07 Å². The van der Waals surface area contributed by atoms with Gasteiger partial charge < -0.3 is 14.4 Å². The molecule has 0 aliphatic rings. The molecule has 0 radical (unpaired) electrons. The summed E-state index contributed by atoms with van der Waals surface area (Å²) >= 11 is 0. The van der Waals surface area contributed by atoms with Crippen LogP contribution in [0.25, 0.3) is 11.0 Å². The fourth-order valence-corrected chi connectivity index (χ4v) is 4.26. The maximum absolute atomic E-state index is 13.4. The summed E-state index contributed by atoms with van der Waals surface area (Å²) in [5.74, 6) is -1.22. The number of carbonyl (C=O) groups is 2. The number of benzene rings is 1. The van der Waals surface area contributed by atoms with E-state index < -0.39 is 5.97 Å². The highest BCUT2D eigenvalue weighted by Crippen LogP contribution is 2.29. The first-order valence-electron chi connectivity index (χ1n) is 11.7. The Hall–Kier alpha value is -3.50. The highest BCUT2D eigenvalue weighted by molar-refractivity contribution is 6.09. The van der Waals surface area contributed by atoms with Crippen LogP contribution in [0.4, 0.5) is 0 Å². The second-order valence-electron chi connectivity index (χ2n) is 8.58. The molecule has 7 nitrogen and oxygen atoms in total. The largest absolute Gasteiger partial charge is 0.481 e. The van der Waals surface area contributed by atoms with Gasteiger partial charge in [0, 0.05) is 49.3 Å². The van der Waals surface area contributed by atoms with Gasteiger partial charge in [-0.05, 0) is 36.8 Å². The minimum Gasteiger partial charge on any atom is -0.481 e. The molecular weight excluding hydrogens is 430 g/mol. The predicted octanol–water partition coefficient (Wildman–Crippen LogP) is 5.06. The van der Waals surface area contributed by atoms with Crippen molar-refractivity contribution in [2.75, 3.05) is 6.61 Å². The third-order valence-electron chi connectivity index (χ3n) is 6.13. The van der Waals surface area contributed by atoms with Crippen LogP contribution in [-0.4, -0.2) is 33.0 Å². The molecule has 0 amide bonds. The molecule has 0 saturated carbocycles. The predicted molar refractivity (Wildman–Crippen MR) is 129 cm³/mol. The molecular formula is C27H31N3O4. The van der Waals surface area contributed by atoms with Crippen LogP contribution < -0.4 is 0 Å². The summed E-state index contributed by atoms with van der Waals surface area (Å²) in [6.45, 7) is 3.09. The third-order valence-corrected chi connectivity index (χ3v) is 6.13. The summed E-state index contributed by atoms with van der Waals surface area (Å²) in [4.78, 5) is 29.0. The van der Waals surface area contributed by atoms with Gasteiger partial charge in [0.1, 0.15) is 11.7 Å². The maximum Gasteiger partial charge on any atom is 0.303 e. The Morgan fingerprint density at radius 1 is 1.21 bits per heavy atom. The Morgan fingerprint density at radius 3 is 2.65 bits per heavy atom. The van der Waals surface area contributed by atoms with Crippen LogP contribution in [0.5, 0.6) is 0 Å². The van der Waals surface area contributed by atoms with E-state index in [0.29, 0.717) is 48.2 Å². The van der Waals surface area contributed by atoms with E-state index in [0.717, 1.165) is 24.1 Å². The van der Waals surface area contributed by atoms with Crippen LogP contribution in [-0.2, 0) is 29.6 Å². The quantitative estimate of drug-likeness (QED) is 0.282. The number of pyridine rings is 1. The van der Waals surface area contributed by atoms with Gasteiger partial charge in [0.15, 0.2) is 5.78 Å². The van der Waals surface area contributed by atoms with Crippen molar-refractivity contribution in [2.24, 2.45) is 13.0 Å². The van der Waals surface area contributed by atoms with E-state index in [9.17, 15) is 20.0 Å². The van der Waals surface area contributed by atoms with Gasteiger partial charge in [0.2, 0.25) is 0 Å². The summed E-state index contributed by atoms with van der Waals surface area (Å²) in [5, 5.41) is 19.2. The Morgan fingerprint density at radius 2 is 1.97 bits per heavy atom. The van der Waals surface area contributed by atoms with E-state index in [1.165, 1.54) is 6.20 Å². The number of ether oxygens (including phenoxy) is 1. The molecule has 0 saturated heterocycles. The number of unbranched alkanes of at least 4 members (excludes halogenated alkanes) is 1. The topological polar surface area (TPSA) is 105 Å². The van der Waals surface area contributed by atoms with E-state index >= 15 is 0 Å². The number of nitriles is 1. The van der Waals surface area contributed by atoms with E-state index in [4.69, 9.17) is 4.74 Å². The zero-order valence-electron chi connectivity index (χ0n) is 19.8.